The lowest BCUT2D eigenvalue weighted by molar-refractivity contribution is 0.596. The molecule has 5 nitrogen and oxygen atoms in total. The van der Waals surface area contributed by atoms with Gasteiger partial charge in [-0.15, -0.1) is 0 Å². The van der Waals surface area contributed by atoms with Gasteiger partial charge in [-0.25, -0.2) is 4.98 Å². The number of nitrogens with one attached hydrogen (secondary N) is 1. The molecule has 0 amide bonds. The number of fused-ring (bicyclic) bond motifs is 3. The van der Waals surface area contributed by atoms with Gasteiger partial charge in [0.25, 0.3) is 5.56 Å². The van der Waals surface area contributed by atoms with Crippen LogP contribution in [0.5, 0.6) is 0 Å². The van der Waals surface area contributed by atoms with Crippen LogP contribution in [-0.2, 0) is 25.9 Å². The average Bonchev–Trinajstić information content (AvgIpc) is 3.09. The zero-order chi connectivity index (χ0) is 15.8. The third kappa shape index (κ3) is 2.37. The van der Waals surface area contributed by atoms with E-state index in [0.29, 0.717) is 13.1 Å². The third-order valence-electron chi connectivity index (χ3n) is 4.62. The maximum absolute atomic E-state index is 12.9. The highest BCUT2D eigenvalue weighted by Gasteiger charge is 2.19. The molecule has 0 aliphatic carbocycles. The molecule has 3 aromatic rings. The minimum Gasteiger partial charge on any atom is -0.312 e. The predicted molar refractivity (Wildman–Crippen MR) is 89.8 cm³/mol. The molecule has 5 heteroatoms. The van der Waals surface area contributed by atoms with Crippen molar-refractivity contribution in [2.45, 2.75) is 32.9 Å². The summed E-state index contributed by atoms with van der Waals surface area (Å²) in [6.45, 7) is 4.24. The molecule has 0 radical (unpaired) electrons. The van der Waals surface area contributed by atoms with Crippen LogP contribution >= 0.6 is 0 Å². The minimum atomic E-state index is 0.0745. The fraction of sp³-hybridized carbons (Fsp3) is 0.333. The molecular weight excluding hydrogens is 288 g/mol. The van der Waals surface area contributed by atoms with Gasteiger partial charge in [-0.3, -0.25) is 13.8 Å². The molecule has 118 valence electrons. The van der Waals surface area contributed by atoms with E-state index < -0.39 is 0 Å². The number of rotatable bonds is 3. The van der Waals surface area contributed by atoms with E-state index in [2.05, 4.69) is 45.9 Å². The zero-order valence-corrected chi connectivity index (χ0v) is 13.2. The van der Waals surface area contributed by atoms with Crippen molar-refractivity contribution in [1.82, 2.24) is 19.3 Å². The molecular formula is C18H20N4O. The predicted octanol–water partition coefficient (Wildman–Crippen LogP) is 1.75. The van der Waals surface area contributed by atoms with Gasteiger partial charge in [0.15, 0.2) is 0 Å². The lowest BCUT2D eigenvalue weighted by atomic mass is 10.1. The van der Waals surface area contributed by atoms with Crippen molar-refractivity contribution in [3.8, 4) is 0 Å². The summed E-state index contributed by atoms with van der Waals surface area (Å²) in [6.07, 6.45) is 5.61. The van der Waals surface area contributed by atoms with E-state index in [4.69, 9.17) is 0 Å². The van der Waals surface area contributed by atoms with Gasteiger partial charge in [0.2, 0.25) is 5.78 Å². The molecule has 0 saturated carbocycles. The van der Waals surface area contributed by atoms with E-state index in [-0.39, 0.29) is 5.56 Å². The lowest BCUT2D eigenvalue weighted by Crippen LogP contribution is -2.36. The molecule has 3 heterocycles. The SMILES string of the molecule is CCc1ccc(Cn2c(=O)c3c(n4ccnc24)CCNC3)cc1. The lowest BCUT2D eigenvalue weighted by Gasteiger charge is -2.20. The molecule has 0 bridgehead atoms. The Balaban J connectivity index is 1.84. The Morgan fingerprint density at radius 2 is 2.00 bits per heavy atom. The number of imidazole rings is 1. The normalized spacial score (nSPS) is 14.1. The minimum absolute atomic E-state index is 0.0745. The first kappa shape index (κ1) is 14.2. The van der Waals surface area contributed by atoms with Gasteiger partial charge in [-0.1, -0.05) is 31.2 Å². The summed E-state index contributed by atoms with van der Waals surface area (Å²) < 4.78 is 3.85. The summed E-state index contributed by atoms with van der Waals surface area (Å²) in [5, 5.41) is 3.30. The summed E-state index contributed by atoms with van der Waals surface area (Å²) in [6, 6.07) is 8.46. The summed E-state index contributed by atoms with van der Waals surface area (Å²) in [5.74, 6) is 0.732. The third-order valence-corrected chi connectivity index (χ3v) is 4.62. The van der Waals surface area contributed by atoms with E-state index >= 15 is 0 Å². The fourth-order valence-corrected chi connectivity index (χ4v) is 3.30. The number of hydrogen-bond acceptors (Lipinski definition) is 3. The summed E-state index contributed by atoms with van der Waals surface area (Å²) in [4.78, 5) is 17.3. The zero-order valence-electron chi connectivity index (χ0n) is 13.2. The molecule has 2 aromatic heterocycles. The van der Waals surface area contributed by atoms with Gasteiger partial charge in [0.1, 0.15) is 0 Å². The molecule has 0 unspecified atom stereocenters. The van der Waals surface area contributed by atoms with Crippen LogP contribution in [0.15, 0.2) is 41.5 Å². The number of aromatic nitrogens is 3. The molecule has 0 atom stereocenters. The first-order valence-corrected chi connectivity index (χ1v) is 8.14. The molecule has 0 fully saturated rings. The molecule has 1 aromatic carbocycles. The van der Waals surface area contributed by atoms with E-state index in [1.165, 1.54) is 5.56 Å². The maximum Gasteiger partial charge on any atom is 0.259 e. The number of aryl methyl sites for hydroxylation is 1. The monoisotopic (exact) mass is 308 g/mol. The van der Waals surface area contributed by atoms with Crippen LogP contribution in [0.4, 0.5) is 0 Å². The Bertz CT molecular complexity index is 905. The van der Waals surface area contributed by atoms with Crippen LogP contribution in [0, 0.1) is 0 Å². The molecule has 1 aliphatic heterocycles. The molecule has 0 spiro atoms. The van der Waals surface area contributed by atoms with E-state index in [1.807, 2.05) is 6.20 Å². The van der Waals surface area contributed by atoms with Crippen LogP contribution in [0.2, 0.25) is 0 Å². The Morgan fingerprint density at radius 3 is 2.78 bits per heavy atom. The number of benzene rings is 1. The molecule has 1 aliphatic rings. The van der Waals surface area contributed by atoms with E-state index in [9.17, 15) is 4.79 Å². The van der Waals surface area contributed by atoms with Crippen molar-refractivity contribution < 1.29 is 0 Å². The standard InChI is InChI=1S/C18H20N4O/c1-2-13-3-5-14(6-4-13)12-22-17(23)15-11-19-8-7-16(15)21-10-9-20-18(21)22/h3-6,9-10,19H,2,7-8,11-12H2,1H3. The summed E-state index contributed by atoms with van der Waals surface area (Å²) >= 11 is 0. The van der Waals surface area contributed by atoms with Crippen LogP contribution in [0.3, 0.4) is 0 Å². The van der Waals surface area contributed by atoms with Crippen LogP contribution in [-0.4, -0.2) is 20.5 Å². The van der Waals surface area contributed by atoms with Crippen LogP contribution in [0.1, 0.15) is 29.3 Å². The smallest absolute Gasteiger partial charge is 0.259 e. The Labute approximate surface area is 134 Å². The van der Waals surface area contributed by atoms with E-state index in [1.54, 1.807) is 10.8 Å². The van der Waals surface area contributed by atoms with Gasteiger partial charge in [0.05, 0.1) is 12.1 Å². The van der Waals surface area contributed by atoms with Crippen LogP contribution < -0.4 is 10.9 Å². The second kappa shape index (κ2) is 5.66. The molecule has 4 rings (SSSR count). The Morgan fingerprint density at radius 1 is 1.22 bits per heavy atom. The number of nitrogens with zero attached hydrogens (tertiary/aromatic N) is 3. The summed E-state index contributed by atoms with van der Waals surface area (Å²) in [7, 11) is 0. The van der Waals surface area contributed by atoms with Crippen molar-refractivity contribution in [3.05, 3.63) is 69.4 Å². The van der Waals surface area contributed by atoms with Gasteiger partial charge in [0, 0.05) is 37.6 Å². The topological polar surface area (TPSA) is 51.3 Å². The Kier molecular flexibility index (Phi) is 3.50. The highest BCUT2D eigenvalue weighted by atomic mass is 16.1. The first-order chi connectivity index (χ1) is 11.3. The molecule has 0 saturated heterocycles. The van der Waals surface area contributed by atoms with Gasteiger partial charge >= 0.3 is 0 Å². The quantitative estimate of drug-likeness (QED) is 0.802. The highest BCUT2D eigenvalue weighted by Crippen LogP contribution is 2.14. The van der Waals surface area contributed by atoms with Crippen molar-refractivity contribution in [2.24, 2.45) is 0 Å². The largest absolute Gasteiger partial charge is 0.312 e. The first-order valence-electron chi connectivity index (χ1n) is 8.14. The molecule has 23 heavy (non-hydrogen) atoms. The van der Waals surface area contributed by atoms with Gasteiger partial charge in [-0.2, -0.15) is 0 Å². The van der Waals surface area contributed by atoms with Crippen LogP contribution in [0.25, 0.3) is 5.78 Å². The van der Waals surface area contributed by atoms with Gasteiger partial charge in [-0.05, 0) is 17.5 Å². The van der Waals surface area contributed by atoms with Crippen molar-refractivity contribution in [3.63, 3.8) is 0 Å². The fourth-order valence-electron chi connectivity index (χ4n) is 3.30. The van der Waals surface area contributed by atoms with Crippen molar-refractivity contribution >= 4 is 5.78 Å². The Hall–Kier alpha value is -2.40. The highest BCUT2D eigenvalue weighted by molar-refractivity contribution is 5.38. The summed E-state index contributed by atoms with van der Waals surface area (Å²) in [5.41, 5.74) is 4.47. The maximum atomic E-state index is 12.9. The van der Waals surface area contributed by atoms with Crippen molar-refractivity contribution in [2.75, 3.05) is 6.54 Å². The number of hydrogen-bond donors (Lipinski definition) is 1. The average molecular weight is 308 g/mol. The second-order valence-electron chi connectivity index (χ2n) is 6.01. The van der Waals surface area contributed by atoms with E-state index in [0.717, 1.165) is 42.0 Å². The second-order valence-corrected chi connectivity index (χ2v) is 6.01. The molecule has 1 N–H and O–H groups in total. The van der Waals surface area contributed by atoms with Crippen molar-refractivity contribution in [1.29, 1.82) is 0 Å². The van der Waals surface area contributed by atoms with Gasteiger partial charge < -0.3 is 5.32 Å².